The minimum absolute atomic E-state index is 0.0484. The summed E-state index contributed by atoms with van der Waals surface area (Å²) in [6.45, 7) is 0. The van der Waals surface area contributed by atoms with Crippen LogP contribution in [0.25, 0.3) is 10.9 Å². The Kier molecular flexibility index (Phi) is 2.18. The number of fused-ring (bicyclic) bond motifs is 3. The average molecular weight is 240 g/mol. The largest absolute Gasteiger partial charge is 0.357 e. The monoisotopic (exact) mass is 239 g/mol. The smallest absolute Gasteiger partial charge is 0.0901 e. The second-order valence-corrected chi connectivity index (χ2v) is 5.05. The number of aromatic nitrogens is 1. The van der Waals surface area contributed by atoms with Crippen LogP contribution in [0.5, 0.6) is 0 Å². The van der Waals surface area contributed by atoms with Crippen molar-refractivity contribution in [3.63, 3.8) is 0 Å². The van der Waals surface area contributed by atoms with Gasteiger partial charge in [0, 0.05) is 16.6 Å². The van der Waals surface area contributed by atoms with Gasteiger partial charge in [0.15, 0.2) is 0 Å². The topological polar surface area (TPSA) is 15.8 Å². The Balaban J connectivity index is 2.26. The molecule has 0 saturated heterocycles. The molecule has 1 nitrogen and oxygen atoms in total. The van der Waals surface area contributed by atoms with Crippen LogP contribution in [-0.2, 0) is 6.42 Å². The quantitative estimate of drug-likeness (QED) is 0.670. The van der Waals surface area contributed by atoms with Crippen LogP contribution in [0, 0.1) is 0 Å². The highest BCUT2D eigenvalue weighted by Crippen LogP contribution is 2.40. The molecule has 1 aliphatic rings. The number of benzene rings is 1. The third kappa shape index (κ3) is 1.37. The van der Waals surface area contributed by atoms with Gasteiger partial charge in [-0.05, 0) is 24.5 Å². The van der Waals surface area contributed by atoms with Gasteiger partial charge in [0.25, 0.3) is 0 Å². The van der Waals surface area contributed by atoms with Crippen molar-refractivity contribution < 1.29 is 0 Å². The van der Waals surface area contributed by atoms with E-state index < -0.39 is 0 Å². The van der Waals surface area contributed by atoms with E-state index >= 15 is 0 Å². The number of hydrogen-bond acceptors (Lipinski definition) is 0. The molecular weight excluding hydrogens is 229 g/mol. The Morgan fingerprint density at radius 2 is 2.00 bits per heavy atom. The van der Waals surface area contributed by atoms with Gasteiger partial charge in [0.2, 0.25) is 0 Å². The lowest BCUT2D eigenvalue weighted by atomic mass is 9.95. The van der Waals surface area contributed by atoms with Crippen LogP contribution in [0.15, 0.2) is 24.3 Å². The molecule has 0 spiro atoms. The van der Waals surface area contributed by atoms with Gasteiger partial charge in [0.1, 0.15) is 0 Å². The van der Waals surface area contributed by atoms with Gasteiger partial charge >= 0.3 is 0 Å². The Hall–Kier alpha value is -0.660. The fourth-order valence-electron chi connectivity index (χ4n) is 2.34. The number of rotatable bonds is 0. The van der Waals surface area contributed by atoms with E-state index in [1.807, 2.05) is 6.07 Å². The van der Waals surface area contributed by atoms with Crippen LogP contribution in [-0.4, -0.2) is 10.4 Å². The molecule has 0 amide bonds. The molecule has 3 rings (SSSR count). The number of hydrogen-bond donors (Lipinski definition) is 1. The molecule has 0 aliphatic heterocycles. The van der Waals surface area contributed by atoms with Crippen molar-refractivity contribution in [2.45, 2.75) is 23.6 Å². The number of H-pyrrole nitrogens is 1. The first kappa shape index (κ1) is 9.56. The zero-order valence-electron chi connectivity index (χ0n) is 8.13. The number of nitrogens with one attached hydrogen (secondary N) is 1. The Bertz CT molecular complexity index is 503. The van der Waals surface area contributed by atoms with Crippen molar-refractivity contribution in [1.29, 1.82) is 0 Å². The normalized spacial score (nSPS) is 25.5. The molecule has 15 heavy (non-hydrogen) atoms. The fraction of sp³-hybridized carbons (Fsp3) is 0.333. The second kappa shape index (κ2) is 3.43. The molecule has 0 radical (unpaired) electrons. The molecule has 0 saturated carbocycles. The summed E-state index contributed by atoms with van der Waals surface area (Å²) in [6, 6.07) is 8.32. The molecule has 2 unspecified atom stereocenters. The highest BCUT2D eigenvalue weighted by molar-refractivity contribution is 6.30. The number of alkyl halides is 2. The summed E-state index contributed by atoms with van der Waals surface area (Å²) in [6.07, 6.45) is 1.99. The third-order valence-electron chi connectivity index (χ3n) is 3.11. The Labute approximate surface area is 98.4 Å². The first-order valence-electron chi connectivity index (χ1n) is 5.15. The number of para-hydroxylation sites is 1. The van der Waals surface area contributed by atoms with Crippen molar-refractivity contribution in [3.8, 4) is 0 Å². The Morgan fingerprint density at radius 3 is 2.87 bits per heavy atom. The first-order chi connectivity index (χ1) is 7.27. The second-order valence-electron chi connectivity index (χ2n) is 4.02. The highest BCUT2D eigenvalue weighted by Gasteiger charge is 2.29. The third-order valence-corrected chi connectivity index (χ3v) is 4.23. The minimum atomic E-state index is -0.0807. The van der Waals surface area contributed by atoms with Crippen LogP contribution in [0.4, 0.5) is 0 Å². The van der Waals surface area contributed by atoms with E-state index in [1.54, 1.807) is 0 Å². The van der Waals surface area contributed by atoms with Crippen LogP contribution in [0.3, 0.4) is 0 Å². The van der Waals surface area contributed by atoms with Gasteiger partial charge in [0.05, 0.1) is 10.8 Å². The van der Waals surface area contributed by atoms with Gasteiger partial charge in [-0.2, -0.15) is 0 Å². The van der Waals surface area contributed by atoms with Gasteiger partial charge in [-0.3, -0.25) is 0 Å². The van der Waals surface area contributed by atoms with Crippen LogP contribution >= 0.6 is 23.2 Å². The van der Waals surface area contributed by atoms with E-state index in [0.717, 1.165) is 18.5 Å². The zero-order chi connectivity index (χ0) is 10.4. The molecule has 78 valence electrons. The van der Waals surface area contributed by atoms with E-state index in [4.69, 9.17) is 23.2 Å². The molecule has 1 N–H and O–H groups in total. The molecule has 1 aromatic carbocycles. The average Bonchev–Trinajstić information content (AvgIpc) is 2.63. The van der Waals surface area contributed by atoms with Crippen LogP contribution in [0.2, 0.25) is 0 Å². The molecule has 1 aromatic heterocycles. The van der Waals surface area contributed by atoms with Crippen LogP contribution < -0.4 is 0 Å². The minimum Gasteiger partial charge on any atom is -0.357 e. The fourth-order valence-corrected chi connectivity index (χ4v) is 2.88. The molecule has 2 atom stereocenters. The van der Waals surface area contributed by atoms with Gasteiger partial charge < -0.3 is 4.98 Å². The Morgan fingerprint density at radius 1 is 1.20 bits per heavy atom. The van der Waals surface area contributed by atoms with Crippen molar-refractivity contribution in [2.75, 3.05) is 0 Å². The van der Waals surface area contributed by atoms with Crippen molar-refractivity contribution in [3.05, 3.63) is 35.5 Å². The van der Waals surface area contributed by atoms with E-state index in [0.29, 0.717) is 0 Å². The van der Waals surface area contributed by atoms with E-state index in [9.17, 15) is 0 Å². The number of aromatic amines is 1. The summed E-state index contributed by atoms with van der Waals surface area (Å²) < 4.78 is 0. The SMILES string of the molecule is ClC1CCc2c([nH]c3ccccc23)C1Cl. The lowest BCUT2D eigenvalue weighted by molar-refractivity contribution is 0.670. The maximum absolute atomic E-state index is 6.31. The summed E-state index contributed by atoms with van der Waals surface area (Å²) in [5.41, 5.74) is 3.63. The first-order valence-corrected chi connectivity index (χ1v) is 6.02. The van der Waals surface area contributed by atoms with E-state index in [-0.39, 0.29) is 10.8 Å². The molecule has 1 aliphatic carbocycles. The molecule has 0 fully saturated rings. The molecular formula is C12H11Cl2N. The van der Waals surface area contributed by atoms with E-state index in [1.165, 1.54) is 16.5 Å². The maximum Gasteiger partial charge on any atom is 0.0901 e. The summed E-state index contributed by atoms with van der Waals surface area (Å²) in [4.78, 5) is 3.38. The van der Waals surface area contributed by atoms with E-state index in [2.05, 4.69) is 23.2 Å². The lowest BCUT2D eigenvalue weighted by Crippen LogP contribution is -2.16. The van der Waals surface area contributed by atoms with Crippen LogP contribution in [0.1, 0.15) is 23.1 Å². The summed E-state index contributed by atoms with van der Waals surface area (Å²) >= 11 is 12.5. The van der Waals surface area contributed by atoms with Crippen molar-refractivity contribution in [2.24, 2.45) is 0 Å². The molecule has 1 heterocycles. The standard InChI is InChI=1S/C12H11Cl2N/c13-9-6-5-8-7-3-1-2-4-10(7)15-12(8)11(9)14/h1-4,9,11,15H,5-6H2. The predicted molar refractivity (Wildman–Crippen MR) is 64.9 cm³/mol. The van der Waals surface area contributed by atoms with Crippen molar-refractivity contribution in [1.82, 2.24) is 4.98 Å². The van der Waals surface area contributed by atoms with Crippen molar-refractivity contribution >= 4 is 34.1 Å². The maximum atomic E-state index is 6.31. The molecule has 3 heteroatoms. The molecule has 0 bridgehead atoms. The highest BCUT2D eigenvalue weighted by atomic mass is 35.5. The number of aryl methyl sites for hydroxylation is 1. The summed E-state index contributed by atoms with van der Waals surface area (Å²) in [7, 11) is 0. The zero-order valence-corrected chi connectivity index (χ0v) is 9.65. The van der Waals surface area contributed by atoms with Gasteiger partial charge in [-0.25, -0.2) is 0 Å². The summed E-state index contributed by atoms with van der Waals surface area (Å²) in [5.74, 6) is 0. The predicted octanol–water partition coefficient (Wildman–Crippen LogP) is 4.00. The lowest BCUT2D eigenvalue weighted by Gasteiger charge is -2.22. The van der Waals surface area contributed by atoms with Gasteiger partial charge in [-0.15, -0.1) is 23.2 Å². The summed E-state index contributed by atoms with van der Waals surface area (Å²) in [5, 5.41) is 1.26. The number of halogens is 2. The molecule has 2 aromatic rings. The van der Waals surface area contributed by atoms with Gasteiger partial charge in [-0.1, -0.05) is 18.2 Å².